The minimum atomic E-state index is -1.11. The number of esters is 1. The van der Waals surface area contributed by atoms with E-state index >= 15 is 0 Å². The van der Waals surface area contributed by atoms with Gasteiger partial charge in [-0.05, 0) is 54.9 Å². The van der Waals surface area contributed by atoms with Crippen LogP contribution in [0.15, 0.2) is 60.7 Å². The van der Waals surface area contributed by atoms with Gasteiger partial charge in [0, 0.05) is 12.1 Å². The van der Waals surface area contributed by atoms with E-state index in [1.54, 1.807) is 6.07 Å². The number of allylic oxidation sites excluding steroid dienone is 2. The molecule has 2 aromatic carbocycles. The molecular formula is C28H28N2O5. The number of ether oxygens (including phenoxy) is 1. The molecule has 2 aromatic rings. The molecule has 1 heterocycles. The summed E-state index contributed by atoms with van der Waals surface area (Å²) in [6.45, 7) is 3.34. The highest BCUT2D eigenvalue weighted by atomic mass is 16.5. The van der Waals surface area contributed by atoms with E-state index in [0.29, 0.717) is 5.69 Å². The van der Waals surface area contributed by atoms with Crippen molar-refractivity contribution in [3.63, 3.8) is 0 Å². The van der Waals surface area contributed by atoms with Gasteiger partial charge in [0.15, 0.2) is 6.61 Å². The molecule has 2 fully saturated rings. The first-order valence-electron chi connectivity index (χ1n) is 12.0. The van der Waals surface area contributed by atoms with Crippen molar-refractivity contribution in [3.05, 3.63) is 77.4 Å². The number of carbonyl (C=O) groups excluding carboxylic acids is 4. The topological polar surface area (TPSA) is 92.8 Å². The molecular weight excluding hydrogens is 444 g/mol. The highest BCUT2D eigenvalue weighted by molar-refractivity contribution is 6.09. The molecule has 7 heteroatoms. The largest absolute Gasteiger partial charge is 0.454 e. The quantitative estimate of drug-likeness (QED) is 0.380. The molecule has 0 aromatic heterocycles. The van der Waals surface area contributed by atoms with E-state index in [9.17, 15) is 19.2 Å². The highest BCUT2D eigenvalue weighted by Gasteiger charge is 2.61. The molecule has 1 saturated heterocycles. The van der Waals surface area contributed by atoms with Gasteiger partial charge in [0.25, 0.3) is 5.91 Å². The van der Waals surface area contributed by atoms with Gasteiger partial charge in [0.1, 0.15) is 6.04 Å². The van der Waals surface area contributed by atoms with Crippen LogP contribution in [0.1, 0.15) is 23.1 Å². The Morgan fingerprint density at radius 2 is 1.63 bits per heavy atom. The van der Waals surface area contributed by atoms with Crippen LogP contribution in [0.2, 0.25) is 0 Å². The predicted molar refractivity (Wildman–Crippen MR) is 129 cm³/mol. The van der Waals surface area contributed by atoms with E-state index in [1.807, 2.05) is 68.5 Å². The first-order valence-corrected chi connectivity index (χ1v) is 12.0. The van der Waals surface area contributed by atoms with Crippen LogP contribution >= 0.6 is 0 Å². The lowest BCUT2D eigenvalue weighted by atomic mass is 9.85. The fraction of sp³-hybridized carbons (Fsp3) is 0.357. The van der Waals surface area contributed by atoms with Gasteiger partial charge in [-0.3, -0.25) is 19.3 Å². The first-order chi connectivity index (χ1) is 16.8. The average molecular weight is 473 g/mol. The van der Waals surface area contributed by atoms with Crippen LogP contribution in [0.25, 0.3) is 0 Å². The van der Waals surface area contributed by atoms with Gasteiger partial charge in [0.2, 0.25) is 11.8 Å². The fourth-order valence-electron chi connectivity index (χ4n) is 5.66. The summed E-state index contributed by atoms with van der Waals surface area (Å²) < 4.78 is 5.37. The van der Waals surface area contributed by atoms with Gasteiger partial charge < -0.3 is 10.1 Å². The highest BCUT2D eigenvalue weighted by Crippen LogP contribution is 2.53. The summed E-state index contributed by atoms with van der Waals surface area (Å²) in [5.74, 6) is -2.58. The molecule has 0 unspecified atom stereocenters. The van der Waals surface area contributed by atoms with Crippen LogP contribution in [0, 0.1) is 37.5 Å². The van der Waals surface area contributed by atoms with Crippen molar-refractivity contribution in [2.45, 2.75) is 32.7 Å². The summed E-state index contributed by atoms with van der Waals surface area (Å²) in [6.07, 6.45) is 4.98. The molecule has 35 heavy (non-hydrogen) atoms. The minimum absolute atomic E-state index is 0.0446. The van der Waals surface area contributed by atoms with Crippen LogP contribution in [-0.4, -0.2) is 41.2 Å². The van der Waals surface area contributed by atoms with Crippen molar-refractivity contribution in [3.8, 4) is 0 Å². The molecule has 3 amide bonds. The molecule has 0 spiro atoms. The van der Waals surface area contributed by atoms with Crippen molar-refractivity contribution in [1.29, 1.82) is 0 Å². The van der Waals surface area contributed by atoms with Gasteiger partial charge in [-0.2, -0.15) is 0 Å². The third-order valence-corrected chi connectivity index (χ3v) is 7.58. The lowest BCUT2D eigenvalue weighted by Crippen LogP contribution is -2.48. The van der Waals surface area contributed by atoms with E-state index in [2.05, 4.69) is 5.32 Å². The Bertz CT molecular complexity index is 1190. The van der Waals surface area contributed by atoms with Gasteiger partial charge >= 0.3 is 5.97 Å². The Kier molecular flexibility index (Phi) is 6.01. The minimum Gasteiger partial charge on any atom is -0.454 e. The number of carbonyl (C=O) groups is 4. The predicted octanol–water partition coefficient (Wildman–Crippen LogP) is 3.20. The van der Waals surface area contributed by atoms with Gasteiger partial charge in [0.05, 0.1) is 11.8 Å². The van der Waals surface area contributed by atoms with Crippen molar-refractivity contribution in [2.75, 3.05) is 11.9 Å². The Hall–Kier alpha value is -3.74. The summed E-state index contributed by atoms with van der Waals surface area (Å²) in [5, 5.41) is 2.76. The van der Waals surface area contributed by atoms with Crippen molar-refractivity contribution >= 4 is 29.4 Å². The molecule has 3 aliphatic rings. The smallest absolute Gasteiger partial charge is 0.330 e. The molecule has 2 aliphatic carbocycles. The lowest BCUT2D eigenvalue weighted by molar-refractivity contribution is -0.160. The van der Waals surface area contributed by atoms with E-state index < -0.39 is 36.4 Å². The molecule has 7 nitrogen and oxygen atoms in total. The maximum atomic E-state index is 13.4. The molecule has 180 valence electrons. The number of likely N-dealkylation sites (tertiary alicyclic amines) is 1. The summed E-state index contributed by atoms with van der Waals surface area (Å²) in [4.78, 5) is 53.6. The summed E-state index contributed by atoms with van der Waals surface area (Å²) >= 11 is 0. The number of anilines is 1. The second-order valence-corrected chi connectivity index (χ2v) is 9.66. The Morgan fingerprint density at radius 1 is 0.971 bits per heavy atom. The van der Waals surface area contributed by atoms with Crippen LogP contribution < -0.4 is 5.32 Å². The third-order valence-electron chi connectivity index (χ3n) is 7.58. The molecule has 5 rings (SSSR count). The van der Waals surface area contributed by atoms with Crippen LogP contribution in [0.5, 0.6) is 0 Å². The monoisotopic (exact) mass is 472 g/mol. The number of hydrogen-bond donors (Lipinski definition) is 1. The van der Waals surface area contributed by atoms with Gasteiger partial charge in [-0.25, -0.2) is 4.79 Å². The Morgan fingerprint density at radius 3 is 2.29 bits per heavy atom. The maximum Gasteiger partial charge on any atom is 0.330 e. The molecule has 5 atom stereocenters. The normalized spacial score (nSPS) is 25.0. The zero-order valence-corrected chi connectivity index (χ0v) is 19.8. The fourth-order valence-corrected chi connectivity index (χ4v) is 5.66. The Labute approximate surface area is 204 Å². The second kappa shape index (κ2) is 9.13. The van der Waals surface area contributed by atoms with E-state index in [-0.39, 0.29) is 30.1 Å². The lowest BCUT2D eigenvalue weighted by Gasteiger charge is -2.26. The molecule has 2 bridgehead atoms. The molecule has 1 aliphatic heterocycles. The number of fused-ring (bicyclic) bond motifs is 5. The van der Waals surface area contributed by atoms with E-state index in [4.69, 9.17) is 4.74 Å². The molecule has 1 N–H and O–H groups in total. The first kappa shape index (κ1) is 23.0. The third kappa shape index (κ3) is 4.16. The number of rotatable bonds is 7. The zero-order chi connectivity index (χ0) is 24.7. The second-order valence-electron chi connectivity index (χ2n) is 9.66. The summed E-state index contributed by atoms with van der Waals surface area (Å²) in [6, 6.07) is 13.6. The number of amides is 3. The summed E-state index contributed by atoms with van der Waals surface area (Å²) in [7, 11) is 0. The van der Waals surface area contributed by atoms with Crippen LogP contribution in [-0.2, 0) is 30.3 Å². The molecule has 1 saturated carbocycles. The maximum absolute atomic E-state index is 13.4. The number of benzene rings is 2. The SMILES string of the molecule is Cc1cccc(NC(=O)COC(=O)[C@H](Cc2ccccc2)N2C(=O)[C@H]3[C@H](C2=O)[C@H]2C=C[C@H]3C2)c1C. The van der Waals surface area contributed by atoms with Gasteiger partial charge in [-0.15, -0.1) is 0 Å². The Balaban J connectivity index is 1.32. The molecule has 0 radical (unpaired) electrons. The number of aryl methyl sites for hydroxylation is 1. The van der Waals surface area contributed by atoms with Crippen molar-refractivity contribution in [2.24, 2.45) is 23.7 Å². The van der Waals surface area contributed by atoms with E-state index in [0.717, 1.165) is 28.0 Å². The number of imide groups is 1. The van der Waals surface area contributed by atoms with Crippen molar-refractivity contribution in [1.82, 2.24) is 4.90 Å². The summed E-state index contributed by atoms with van der Waals surface area (Å²) in [5.41, 5.74) is 3.40. The number of hydrogen-bond acceptors (Lipinski definition) is 5. The van der Waals surface area contributed by atoms with Gasteiger partial charge in [-0.1, -0.05) is 54.6 Å². The number of nitrogens with one attached hydrogen (secondary N) is 1. The van der Waals surface area contributed by atoms with Crippen LogP contribution in [0.3, 0.4) is 0 Å². The zero-order valence-electron chi connectivity index (χ0n) is 19.8. The van der Waals surface area contributed by atoms with E-state index in [1.165, 1.54) is 0 Å². The average Bonchev–Trinajstić information content (AvgIpc) is 3.53. The standard InChI is InChI=1S/C28H28N2O5/c1-16-7-6-10-21(17(16)2)29-23(31)15-35-28(34)22(13-18-8-4-3-5-9-18)30-26(32)24-19-11-12-20(14-19)25(24)27(30)33/h3-12,19-20,22,24-25H,13-15H2,1-2H3,(H,29,31)/t19-,20-,22-,24+,25+/m0/s1. The van der Waals surface area contributed by atoms with Crippen molar-refractivity contribution < 1.29 is 23.9 Å². The number of nitrogens with zero attached hydrogens (tertiary/aromatic N) is 1. The van der Waals surface area contributed by atoms with Crippen LogP contribution in [0.4, 0.5) is 5.69 Å².